The minimum Gasteiger partial charge on any atom is -0.465 e. The summed E-state index contributed by atoms with van der Waals surface area (Å²) in [5, 5.41) is 0. The Bertz CT molecular complexity index is 436. The van der Waals surface area contributed by atoms with E-state index >= 15 is 0 Å². The fourth-order valence-corrected chi connectivity index (χ4v) is 2.83. The molecule has 112 valence electrons. The van der Waals surface area contributed by atoms with Gasteiger partial charge in [0.1, 0.15) is 5.41 Å². The summed E-state index contributed by atoms with van der Waals surface area (Å²) < 4.78 is 5.30. The first-order valence-electron chi connectivity index (χ1n) is 7.04. The van der Waals surface area contributed by atoms with E-state index in [1.807, 2.05) is 38.1 Å². The van der Waals surface area contributed by atoms with E-state index in [0.717, 1.165) is 29.7 Å². The maximum absolute atomic E-state index is 12.5. The van der Waals surface area contributed by atoms with Crippen molar-refractivity contribution in [3.63, 3.8) is 0 Å². The van der Waals surface area contributed by atoms with Crippen molar-refractivity contribution in [2.45, 2.75) is 32.1 Å². The zero-order chi connectivity index (χ0) is 15.0. The Balaban J connectivity index is 3.12. The first-order valence-corrected chi connectivity index (χ1v) is 8.43. The van der Waals surface area contributed by atoms with E-state index in [4.69, 9.17) is 10.5 Å². The highest BCUT2D eigenvalue weighted by Crippen LogP contribution is 2.31. The number of ether oxygens (including phenoxy) is 1. The summed E-state index contributed by atoms with van der Waals surface area (Å²) >= 11 is 1.78. The van der Waals surface area contributed by atoms with Gasteiger partial charge in [0.25, 0.3) is 0 Å². The van der Waals surface area contributed by atoms with Crippen LogP contribution in [0, 0.1) is 6.92 Å². The smallest absolute Gasteiger partial charge is 0.317 e. The molecule has 2 N–H and O–H groups in total. The van der Waals surface area contributed by atoms with E-state index in [9.17, 15) is 4.79 Å². The highest BCUT2D eigenvalue weighted by molar-refractivity contribution is 7.98. The molecule has 1 rings (SSSR count). The van der Waals surface area contributed by atoms with Crippen molar-refractivity contribution in [3.05, 3.63) is 35.4 Å². The fourth-order valence-electron chi connectivity index (χ4n) is 2.40. The van der Waals surface area contributed by atoms with Gasteiger partial charge >= 0.3 is 5.97 Å². The van der Waals surface area contributed by atoms with E-state index in [1.54, 1.807) is 11.8 Å². The van der Waals surface area contributed by atoms with Crippen LogP contribution < -0.4 is 5.73 Å². The number of esters is 1. The van der Waals surface area contributed by atoms with Crippen molar-refractivity contribution in [2.75, 3.05) is 25.2 Å². The Morgan fingerprint density at radius 3 is 2.75 bits per heavy atom. The Morgan fingerprint density at radius 1 is 1.45 bits per heavy atom. The maximum atomic E-state index is 12.5. The Labute approximate surface area is 126 Å². The Kier molecular flexibility index (Phi) is 7.10. The molecule has 0 saturated carbocycles. The lowest BCUT2D eigenvalue weighted by atomic mass is 9.76. The number of rotatable bonds is 8. The van der Waals surface area contributed by atoms with Gasteiger partial charge in [0, 0.05) is 6.54 Å². The van der Waals surface area contributed by atoms with Crippen molar-refractivity contribution in [3.8, 4) is 0 Å². The summed E-state index contributed by atoms with van der Waals surface area (Å²) in [6.45, 7) is 4.52. The molecule has 1 atom stereocenters. The average molecular weight is 295 g/mol. The van der Waals surface area contributed by atoms with Crippen molar-refractivity contribution in [1.82, 2.24) is 0 Å². The second-order valence-electron chi connectivity index (χ2n) is 4.97. The molecule has 0 aromatic heterocycles. The van der Waals surface area contributed by atoms with E-state index in [0.29, 0.717) is 6.61 Å². The van der Waals surface area contributed by atoms with E-state index in [1.165, 1.54) is 0 Å². The third-order valence-electron chi connectivity index (χ3n) is 3.54. The van der Waals surface area contributed by atoms with Crippen LogP contribution in [0.3, 0.4) is 0 Å². The summed E-state index contributed by atoms with van der Waals surface area (Å²) in [6.07, 6.45) is 3.75. The molecule has 3 nitrogen and oxygen atoms in total. The molecule has 1 aromatic rings. The molecule has 20 heavy (non-hydrogen) atoms. The van der Waals surface area contributed by atoms with Crippen LogP contribution >= 0.6 is 11.8 Å². The zero-order valence-electron chi connectivity index (χ0n) is 12.6. The lowest BCUT2D eigenvalue weighted by Crippen LogP contribution is -2.44. The SMILES string of the molecule is CCOC(=O)C(CN)(CCCSC)c1cccc(C)c1. The van der Waals surface area contributed by atoms with Gasteiger partial charge in [-0.25, -0.2) is 0 Å². The summed E-state index contributed by atoms with van der Waals surface area (Å²) in [4.78, 5) is 12.5. The molecule has 4 heteroatoms. The van der Waals surface area contributed by atoms with Gasteiger partial charge in [0.15, 0.2) is 0 Å². The van der Waals surface area contributed by atoms with Gasteiger partial charge in [-0.2, -0.15) is 11.8 Å². The molecule has 0 radical (unpaired) electrons. The molecule has 0 bridgehead atoms. The van der Waals surface area contributed by atoms with Gasteiger partial charge in [-0.3, -0.25) is 4.79 Å². The van der Waals surface area contributed by atoms with Crippen molar-refractivity contribution in [2.24, 2.45) is 5.73 Å². The molecular formula is C16H25NO2S. The molecule has 0 aliphatic heterocycles. The van der Waals surface area contributed by atoms with Gasteiger partial charge in [0.05, 0.1) is 6.61 Å². The first-order chi connectivity index (χ1) is 9.60. The summed E-state index contributed by atoms with van der Waals surface area (Å²) in [5.74, 6) is 0.821. The molecule has 0 saturated heterocycles. The average Bonchev–Trinajstić information content (AvgIpc) is 2.44. The maximum Gasteiger partial charge on any atom is 0.317 e. The molecule has 0 fully saturated rings. The van der Waals surface area contributed by atoms with Crippen LogP contribution in [0.5, 0.6) is 0 Å². The summed E-state index contributed by atoms with van der Waals surface area (Å²) in [7, 11) is 0. The molecule has 0 spiro atoms. The molecular weight excluding hydrogens is 270 g/mol. The minimum atomic E-state index is -0.711. The molecule has 0 aliphatic rings. The minimum absolute atomic E-state index is 0.200. The topological polar surface area (TPSA) is 52.3 Å². The monoisotopic (exact) mass is 295 g/mol. The molecule has 1 aromatic carbocycles. The highest BCUT2D eigenvalue weighted by atomic mass is 32.2. The van der Waals surface area contributed by atoms with Crippen molar-refractivity contribution < 1.29 is 9.53 Å². The van der Waals surface area contributed by atoms with Crippen LogP contribution in [-0.2, 0) is 14.9 Å². The molecule has 0 heterocycles. The predicted molar refractivity (Wildman–Crippen MR) is 86.2 cm³/mol. The lowest BCUT2D eigenvalue weighted by Gasteiger charge is -2.31. The van der Waals surface area contributed by atoms with E-state index < -0.39 is 5.41 Å². The number of thioether (sulfide) groups is 1. The predicted octanol–water partition coefficient (Wildman–Crippen LogP) is 2.90. The van der Waals surface area contributed by atoms with Crippen LogP contribution in [0.25, 0.3) is 0 Å². The Hall–Kier alpha value is -1.00. The van der Waals surface area contributed by atoms with Crippen LogP contribution in [-0.4, -0.2) is 31.1 Å². The molecule has 0 aliphatic carbocycles. The largest absolute Gasteiger partial charge is 0.465 e. The lowest BCUT2D eigenvalue weighted by molar-refractivity contribution is -0.150. The second kappa shape index (κ2) is 8.32. The number of aryl methyl sites for hydroxylation is 1. The molecule has 0 amide bonds. The normalized spacial score (nSPS) is 13.8. The number of carbonyl (C=O) groups is 1. The van der Waals surface area contributed by atoms with Gasteiger partial charge in [0.2, 0.25) is 0 Å². The number of benzene rings is 1. The number of nitrogens with two attached hydrogens (primary N) is 1. The quantitative estimate of drug-likeness (QED) is 0.592. The first kappa shape index (κ1) is 17.1. The van der Waals surface area contributed by atoms with Crippen LogP contribution in [0.1, 0.15) is 30.9 Å². The van der Waals surface area contributed by atoms with Crippen LogP contribution in [0.4, 0.5) is 0 Å². The van der Waals surface area contributed by atoms with Gasteiger partial charge < -0.3 is 10.5 Å². The summed E-state index contributed by atoms with van der Waals surface area (Å²) in [6, 6.07) is 8.03. The van der Waals surface area contributed by atoms with Crippen molar-refractivity contribution in [1.29, 1.82) is 0 Å². The van der Waals surface area contributed by atoms with E-state index in [2.05, 4.69) is 6.26 Å². The van der Waals surface area contributed by atoms with Gasteiger partial charge in [-0.1, -0.05) is 29.8 Å². The third kappa shape index (κ3) is 4.00. The zero-order valence-corrected chi connectivity index (χ0v) is 13.5. The molecule has 1 unspecified atom stereocenters. The van der Waals surface area contributed by atoms with E-state index in [-0.39, 0.29) is 12.5 Å². The number of hydrogen-bond acceptors (Lipinski definition) is 4. The van der Waals surface area contributed by atoms with Gasteiger partial charge in [-0.15, -0.1) is 0 Å². The number of carbonyl (C=O) groups excluding carboxylic acids is 1. The second-order valence-corrected chi connectivity index (χ2v) is 5.96. The number of hydrogen-bond donors (Lipinski definition) is 1. The summed E-state index contributed by atoms with van der Waals surface area (Å²) in [5.41, 5.74) is 7.39. The third-order valence-corrected chi connectivity index (χ3v) is 4.23. The standard InChI is InChI=1S/C16H25NO2S/c1-4-19-15(18)16(12-17,9-6-10-20-3)14-8-5-7-13(2)11-14/h5,7-8,11H,4,6,9-10,12,17H2,1-3H3. The highest BCUT2D eigenvalue weighted by Gasteiger charge is 2.40. The van der Waals surface area contributed by atoms with Crippen molar-refractivity contribution >= 4 is 17.7 Å². The van der Waals surface area contributed by atoms with Crippen LogP contribution in [0.15, 0.2) is 24.3 Å². The fraction of sp³-hybridized carbons (Fsp3) is 0.562. The van der Waals surface area contributed by atoms with Gasteiger partial charge in [-0.05, 0) is 44.3 Å². The van der Waals surface area contributed by atoms with Crippen LogP contribution in [0.2, 0.25) is 0 Å². The Morgan fingerprint density at radius 2 is 2.20 bits per heavy atom.